The molecule has 0 spiro atoms. The zero-order valence-electron chi connectivity index (χ0n) is 11.0. The summed E-state index contributed by atoms with van der Waals surface area (Å²) >= 11 is 3.12. The van der Waals surface area contributed by atoms with Crippen LogP contribution in [0.5, 0.6) is 5.75 Å². The topological polar surface area (TPSA) is 69.4 Å². The Morgan fingerprint density at radius 1 is 1.10 bits per heavy atom. The molecule has 5 nitrogen and oxygen atoms in total. The number of hydrogen-bond donors (Lipinski definition) is 0. The molecule has 21 heavy (non-hydrogen) atoms. The second-order valence-electron chi connectivity index (χ2n) is 4.29. The number of Topliss-reactive ketones (excluding diaryl/α,β-unsaturated/α-hetero) is 1. The summed E-state index contributed by atoms with van der Waals surface area (Å²) in [5, 5.41) is 10.8. The molecule has 0 saturated carbocycles. The van der Waals surface area contributed by atoms with Gasteiger partial charge in [-0.3, -0.25) is 14.9 Å². The maximum Gasteiger partial charge on any atom is 0.269 e. The number of halogens is 1. The Morgan fingerprint density at radius 2 is 1.71 bits per heavy atom. The molecule has 2 rings (SSSR count). The Kier molecular flexibility index (Phi) is 5.05. The fourth-order valence-corrected chi connectivity index (χ4v) is 2.02. The van der Waals surface area contributed by atoms with E-state index in [9.17, 15) is 14.9 Å². The van der Waals surface area contributed by atoms with Crippen molar-refractivity contribution in [1.82, 2.24) is 0 Å². The van der Waals surface area contributed by atoms with Crippen molar-refractivity contribution < 1.29 is 14.5 Å². The van der Waals surface area contributed by atoms with E-state index in [2.05, 4.69) is 15.9 Å². The van der Waals surface area contributed by atoms with E-state index in [0.717, 1.165) is 5.56 Å². The highest BCUT2D eigenvalue weighted by Gasteiger charge is 2.05. The van der Waals surface area contributed by atoms with Gasteiger partial charge in [-0.15, -0.1) is 0 Å². The number of ether oxygens (including phenoxy) is 1. The summed E-state index contributed by atoms with van der Waals surface area (Å²) in [7, 11) is 0. The van der Waals surface area contributed by atoms with Crippen LogP contribution in [0.25, 0.3) is 0 Å². The van der Waals surface area contributed by atoms with Crippen molar-refractivity contribution >= 4 is 27.4 Å². The van der Waals surface area contributed by atoms with Crippen molar-refractivity contribution in [1.29, 1.82) is 0 Å². The molecule has 6 heteroatoms. The summed E-state index contributed by atoms with van der Waals surface area (Å²) < 4.78 is 5.57. The number of nitrogens with zero attached hydrogens (tertiary/aromatic N) is 1. The van der Waals surface area contributed by atoms with Crippen LogP contribution in [0.2, 0.25) is 0 Å². The summed E-state index contributed by atoms with van der Waals surface area (Å²) in [6, 6.07) is 13.0. The summed E-state index contributed by atoms with van der Waals surface area (Å²) in [5.74, 6) is 0.649. The van der Waals surface area contributed by atoms with Crippen molar-refractivity contribution in [3.8, 4) is 5.75 Å². The largest absolute Gasteiger partial charge is 0.489 e. The number of alkyl halides is 1. The van der Waals surface area contributed by atoms with Gasteiger partial charge in [0.1, 0.15) is 12.4 Å². The van der Waals surface area contributed by atoms with E-state index in [-0.39, 0.29) is 16.8 Å². The van der Waals surface area contributed by atoms with Gasteiger partial charge < -0.3 is 4.74 Å². The van der Waals surface area contributed by atoms with Crippen LogP contribution >= 0.6 is 15.9 Å². The molecule has 108 valence electrons. The van der Waals surface area contributed by atoms with Gasteiger partial charge in [0.15, 0.2) is 5.78 Å². The van der Waals surface area contributed by atoms with E-state index in [1.165, 1.54) is 12.1 Å². The van der Waals surface area contributed by atoms with Crippen LogP contribution in [0, 0.1) is 10.1 Å². The Hall–Kier alpha value is -2.21. The number of nitro benzene ring substituents is 1. The van der Waals surface area contributed by atoms with E-state index in [0.29, 0.717) is 17.9 Å². The van der Waals surface area contributed by atoms with Crippen LogP contribution in [-0.2, 0) is 6.61 Å². The minimum absolute atomic E-state index is 0.0110. The number of rotatable bonds is 6. The molecule has 0 heterocycles. The molecule has 0 aliphatic heterocycles. The van der Waals surface area contributed by atoms with Crippen LogP contribution in [0.15, 0.2) is 48.5 Å². The lowest BCUT2D eigenvalue weighted by Gasteiger charge is -2.06. The highest BCUT2D eigenvalue weighted by molar-refractivity contribution is 9.09. The van der Waals surface area contributed by atoms with Crippen molar-refractivity contribution in [3.05, 3.63) is 69.8 Å². The third-order valence-electron chi connectivity index (χ3n) is 2.85. The quantitative estimate of drug-likeness (QED) is 0.344. The monoisotopic (exact) mass is 349 g/mol. The minimum atomic E-state index is -0.440. The zero-order valence-corrected chi connectivity index (χ0v) is 12.6. The van der Waals surface area contributed by atoms with Crippen molar-refractivity contribution in [3.63, 3.8) is 0 Å². The number of ketones is 1. The summed E-state index contributed by atoms with van der Waals surface area (Å²) in [6.07, 6.45) is 0. The number of carbonyl (C=O) groups excluding carboxylic acids is 1. The van der Waals surface area contributed by atoms with Crippen LogP contribution in [0.4, 0.5) is 5.69 Å². The standard InChI is InChI=1S/C15H12BrNO4/c16-9-15(18)12-3-7-14(8-4-12)21-10-11-1-5-13(6-2-11)17(19)20/h1-8H,9-10H2. The fraction of sp³-hybridized carbons (Fsp3) is 0.133. The van der Waals surface area contributed by atoms with Crippen LogP contribution in [0.1, 0.15) is 15.9 Å². The normalized spacial score (nSPS) is 10.1. The lowest BCUT2D eigenvalue weighted by atomic mass is 10.1. The Balaban J connectivity index is 1.96. The molecule has 0 aromatic heterocycles. The van der Waals surface area contributed by atoms with Gasteiger partial charge in [-0.25, -0.2) is 0 Å². The van der Waals surface area contributed by atoms with Crippen LogP contribution < -0.4 is 4.74 Å². The van der Waals surface area contributed by atoms with E-state index in [4.69, 9.17) is 4.74 Å². The highest BCUT2D eigenvalue weighted by Crippen LogP contribution is 2.17. The van der Waals surface area contributed by atoms with Crippen molar-refractivity contribution in [2.75, 3.05) is 5.33 Å². The fourth-order valence-electron chi connectivity index (χ4n) is 1.69. The minimum Gasteiger partial charge on any atom is -0.489 e. The molecule has 0 radical (unpaired) electrons. The van der Waals surface area contributed by atoms with Crippen molar-refractivity contribution in [2.45, 2.75) is 6.61 Å². The molecule has 0 aliphatic carbocycles. The highest BCUT2D eigenvalue weighted by atomic mass is 79.9. The maximum atomic E-state index is 11.4. The van der Waals surface area contributed by atoms with E-state index in [1.807, 2.05) is 0 Å². The lowest BCUT2D eigenvalue weighted by molar-refractivity contribution is -0.384. The number of nitro groups is 1. The molecular weight excluding hydrogens is 338 g/mol. The van der Waals surface area contributed by atoms with E-state index in [1.54, 1.807) is 36.4 Å². The number of carbonyl (C=O) groups is 1. The average molecular weight is 350 g/mol. The van der Waals surface area contributed by atoms with Gasteiger partial charge in [0, 0.05) is 17.7 Å². The third-order valence-corrected chi connectivity index (χ3v) is 3.36. The molecule has 0 aliphatic rings. The average Bonchev–Trinajstić information content (AvgIpc) is 2.53. The Bertz CT molecular complexity index is 638. The van der Waals surface area contributed by atoms with Gasteiger partial charge in [-0.05, 0) is 42.0 Å². The first-order valence-corrected chi connectivity index (χ1v) is 7.27. The lowest BCUT2D eigenvalue weighted by Crippen LogP contribution is -2.00. The molecule has 0 atom stereocenters. The SMILES string of the molecule is O=C(CBr)c1ccc(OCc2ccc([N+](=O)[O-])cc2)cc1. The molecule has 2 aromatic rings. The second kappa shape index (κ2) is 6.99. The summed E-state index contributed by atoms with van der Waals surface area (Å²) in [6.45, 7) is 0.309. The molecule has 0 saturated heterocycles. The van der Waals surface area contributed by atoms with Gasteiger partial charge in [0.05, 0.1) is 10.3 Å². The van der Waals surface area contributed by atoms with Gasteiger partial charge in [0.25, 0.3) is 5.69 Å². The first-order valence-electron chi connectivity index (χ1n) is 6.15. The third kappa shape index (κ3) is 4.13. The van der Waals surface area contributed by atoms with E-state index >= 15 is 0 Å². The van der Waals surface area contributed by atoms with Gasteiger partial charge >= 0.3 is 0 Å². The molecular formula is C15H12BrNO4. The molecule has 2 aromatic carbocycles. The zero-order chi connectivity index (χ0) is 15.2. The maximum absolute atomic E-state index is 11.4. The molecule has 0 unspecified atom stereocenters. The Labute approximate surface area is 129 Å². The second-order valence-corrected chi connectivity index (χ2v) is 4.85. The predicted octanol–water partition coefficient (Wildman–Crippen LogP) is 3.75. The molecule has 0 amide bonds. The number of hydrogen-bond acceptors (Lipinski definition) is 4. The first-order chi connectivity index (χ1) is 10.1. The predicted molar refractivity (Wildman–Crippen MR) is 82.0 cm³/mol. The van der Waals surface area contributed by atoms with Crippen LogP contribution in [0.3, 0.4) is 0 Å². The molecule has 0 fully saturated rings. The van der Waals surface area contributed by atoms with Gasteiger partial charge in [0.2, 0.25) is 0 Å². The van der Waals surface area contributed by atoms with Gasteiger partial charge in [-0.1, -0.05) is 15.9 Å². The molecule has 0 N–H and O–H groups in total. The number of non-ortho nitro benzene ring substituents is 1. The number of benzene rings is 2. The molecule has 0 bridgehead atoms. The van der Waals surface area contributed by atoms with Gasteiger partial charge in [-0.2, -0.15) is 0 Å². The van der Waals surface area contributed by atoms with Crippen molar-refractivity contribution in [2.24, 2.45) is 0 Å². The smallest absolute Gasteiger partial charge is 0.269 e. The van der Waals surface area contributed by atoms with E-state index < -0.39 is 4.92 Å². The first kappa shape index (κ1) is 15.2. The Morgan fingerprint density at radius 3 is 2.24 bits per heavy atom. The summed E-state index contributed by atoms with van der Waals surface area (Å²) in [4.78, 5) is 21.6. The van der Waals surface area contributed by atoms with Crippen LogP contribution in [-0.4, -0.2) is 16.0 Å². The summed E-state index contributed by atoms with van der Waals surface area (Å²) in [5.41, 5.74) is 1.51.